The van der Waals surface area contributed by atoms with Crippen molar-refractivity contribution >= 4 is 22.1 Å². The molecule has 0 unspecified atom stereocenters. The zero-order valence-electron chi connectivity index (χ0n) is 11.7. The minimum absolute atomic E-state index is 0.0438. The molecule has 0 heterocycles. The van der Waals surface area contributed by atoms with Crippen molar-refractivity contribution in [1.29, 1.82) is 0 Å². The largest absolute Gasteiger partial charge is 0.456 e. The highest BCUT2D eigenvalue weighted by Gasteiger charge is 2.18. The quantitative estimate of drug-likeness (QED) is 0.524. The van der Waals surface area contributed by atoms with Crippen molar-refractivity contribution in [1.82, 2.24) is 0 Å². The number of benzene rings is 3. The van der Waals surface area contributed by atoms with Gasteiger partial charge < -0.3 is 4.74 Å². The van der Waals surface area contributed by atoms with Gasteiger partial charge in [0.2, 0.25) is 0 Å². The lowest BCUT2D eigenvalue weighted by Crippen LogP contribution is -1.94. The van der Waals surface area contributed by atoms with E-state index in [9.17, 15) is 20.2 Å². The summed E-state index contributed by atoms with van der Waals surface area (Å²) in [7, 11) is 0. The molecule has 0 spiro atoms. The molecule has 0 amide bonds. The summed E-state index contributed by atoms with van der Waals surface area (Å²) < 4.78 is 5.66. The fourth-order valence-electron chi connectivity index (χ4n) is 2.25. The summed E-state index contributed by atoms with van der Waals surface area (Å²) in [4.78, 5) is 20.5. The van der Waals surface area contributed by atoms with Gasteiger partial charge in [-0.25, -0.2) is 0 Å². The normalized spacial score (nSPS) is 10.4. The first-order chi connectivity index (χ1) is 11.0. The van der Waals surface area contributed by atoms with Crippen molar-refractivity contribution in [3.63, 3.8) is 0 Å². The number of ether oxygens (including phenoxy) is 1. The van der Waals surface area contributed by atoms with Crippen molar-refractivity contribution < 1.29 is 14.6 Å². The Morgan fingerprint density at radius 1 is 0.783 bits per heavy atom. The number of hydrogen-bond acceptors (Lipinski definition) is 5. The van der Waals surface area contributed by atoms with Gasteiger partial charge in [-0.05, 0) is 11.5 Å². The number of hydrogen-bond donors (Lipinski definition) is 0. The van der Waals surface area contributed by atoms with E-state index >= 15 is 0 Å². The Morgan fingerprint density at radius 2 is 1.39 bits per heavy atom. The zero-order valence-corrected chi connectivity index (χ0v) is 11.7. The number of nitro groups is 2. The highest BCUT2D eigenvalue weighted by molar-refractivity contribution is 5.88. The van der Waals surface area contributed by atoms with Crippen LogP contribution in [0, 0.1) is 20.2 Å². The summed E-state index contributed by atoms with van der Waals surface area (Å²) >= 11 is 0. The van der Waals surface area contributed by atoms with Crippen LogP contribution in [0.1, 0.15) is 0 Å². The van der Waals surface area contributed by atoms with Gasteiger partial charge in [-0.1, -0.05) is 36.4 Å². The Hall–Kier alpha value is -3.48. The van der Waals surface area contributed by atoms with Gasteiger partial charge in [-0.2, -0.15) is 0 Å². The van der Waals surface area contributed by atoms with Crippen molar-refractivity contribution in [2.45, 2.75) is 0 Å². The first kappa shape index (κ1) is 14.5. The van der Waals surface area contributed by atoms with Crippen molar-refractivity contribution in [2.75, 3.05) is 0 Å². The van der Waals surface area contributed by atoms with E-state index in [1.54, 1.807) is 12.1 Å². The molecule has 0 aliphatic rings. The second kappa shape index (κ2) is 5.72. The van der Waals surface area contributed by atoms with Gasteiger partial charge in [-0.15, -0.1) is 0 Å². The smallest absolute Gasteiger partial charge is 0.280 e. The van der Waals surface area contributed by atoms with E-state index in [1.807, 2.05) is 30.3 Å². The molecule has 0 aliphatic heterocycles. The third kappa shape index (κ3) is 2.93. The van der Waals surface area contributed by atoms with E-state index in [0.717, 1.165) is 29.0 Å². The molecule has 23 heavy (non-hydrogen) atoms. The molecular weight excluding hydrogens is 300 g/mol. The van der Waals surface area contributed by atoms with Crippen LogP contribution in [-0.2, 0) is 0 Å². The lowest BCUT2D eigenvalue weighted by Gasteiger charge is -2.08. The van der Waals surface area contributed by atoms with Crippen molar-refractivity contribution in [3.05, 3.63) is 80.9 Å². The molecule has 0 saturated heterocycles. The predicted molar refractivity (Wildman–Crippen MR) is 83.8 cm³/mol. The third-order valence-corrected chi connectivity index (χ3v) is 3.28. The molecule has 0 saturated carbocycles. The van der Waals surface area contributed by atoms with E-state index in [0.29, 0.717) is 5.75 Å². The molecule has 3 rings (SSSR count). The summed E-state index contributed by atoms with van der Waals surface area (Å²) in [6.45, 7) is 0. The van der Waals surface area contributed by atoms with E-state index in [1.165, 1.54) is 0 Å². The number of rotatable bonds is 4. The van der Waals surface area contributed by atoms with Crippen LogP contribution in [-0.4, -0.2) is 9.85 Å². The van der Waals surface area contributed by atoms with Gasteiger partial charge in [0.15, 0.2) is 0 Å². The first-order valence-corrected chi connectivity index (χ1v) is 6.64. The van der Waals surface area contributed by atoms with Crippen LogP contribution in [0.5, 0.6) is 11.5 Å². The van der Waals surface area contributed by atoms with E-state index in [-0.39, 0.29) is 5.75 Å². The second-order valence-corrected chi connectivity index (χ2v) is 4.78. The summed E-state index contributed by atoms with van der Waals surface area (Å²) in [6.07, 6.45) is 0. The fraction of sp³-hybridized carbons (Fsp3) is 0. The summed E-state index contributed by atoms with van der Waals surface area (Å²) in [6, 6.07) is 16.1. The molecule has 0 aromatic heterocycles. The standard InChI is InChI=1S/C16H10N2O5/c19-17(20)12-8-13(18(21)22)10-14(9-12)23-16-7-3-5-11-4-1-2-6-15(11)16/h1-10H. The molecule has 0 fully saturated rings. The summed E-state index contributed by atoms with van der Waals surface area (Å²) in [5.41, 5.74) is -0.788. The number of fused-ring (bicyclic) bond motifs is 1. The molecule has 7 heteroatoms. The van der Waals surface area contributed by atoms with Crippen LogP contribution >= 0.6 is 0 Å². The Balaban J connectivity index is 2.08. The van der Waals surface area contributed by atoms with Crippen LogP contribution in [0.3, 0.4) is 0 Å². The fourth-order valence-corrected chi connectivity index (χ4v) is 2.25. The number of nitrogens with zero attached hydrogens (tertiary/aromatic N) is 2. The molecule has 0 atom stereocenters. The maximum Gasteiger partial charge on any atom is 0.280 e. The van der Waals surface area contributed by atoms with Gasteiger partial charge in [0.05, 0.1) is 28.0 Å². The number of nitro benzene ring substituents is 2. The van der Waals surface area contributed by atoms with Crippen molar-refractivity contribution in [2.24, 2.45) is 0 Å². The molecule has 0 aliphatic carbocycles. The van der Waals surface area contributed by atoms with Crippen LogP contribution in [0.15, 0.2) is 60.7 Å². The van der Waals surface area contributed by atoms with E-state index in [4.69, 9.17) is 4.74 Å². The average Bonchev–Trinajstić information content (AvgIpc) is 2.55. The molecule has 0 radical (unpaired) electrons. The average molecular weight is 310 g/mol. The van der Waals surface area contributed by atoms with Gasteiger partial charge in [0.25, 0.3) is 11.4 Å². The van der Waals surface area contributed by atoms with Crippen LogP contribution in [0.25, 0.3) is 10.8 Å². The minimum atomic E-state index is -0.692. The molecule has 3 aromatic carbocycles. The Bertz CT molecular complexity index is 886. The van der Waals surface area contributed by atoms with E-state index < -0.39 is 21.2 Å². The first-order valence-electron chi connectivity index (χ1n) is 6.64. The second-order valence-electron chi connectivity index (χ2n) is 4.78. The maximum absolute atomic E-state index is 10.9. The van der Waals surface area contributed by atoms with Gasteiger partial charge in [0, 0.05) is 5.39 Å². The van der Waals surface area contributed by atoms with Crippen LogP contribution in [0.2, 0.25) is 0 Å². The molecule has 7 nitrogen and oxygen atoms in total. The predicted octanol–water partition coefficient (Wildman–Crippen LogP) is 4.45. The lowest BCUT2D eigenvalue weighted by atomic mass is 10.1. The number of non-ortho nitro benzene ring substituents is 2. The minimum Gasteiger partial charge on any atom is -0.456 e. The maximum atomic E-state index is 10.9. The molecule has 114 valence electrons. The molecule has 0 bridgehead atoms. The third-order valence-electron chi connectivity index (χ3n) is 3.28. The molecule has 0 N–H and O–H groups in total. The lowest BCUT2D eigenvalue weighted by molar-refractivity contribution is -0.394. The topological polar surface area (TPSA) is 95.5 Å². The monoisotopic (exact) mass is 310 g/mol. The van der Waals surface area contributed by atoms with Gasteiger partial charge >= 0.3 is 0 Å². The molecule has 3 aromatic rings. The van der Waals surface area contributed by atoms with E-state index in [2.05, 4.69) is 0 Å². The van der Waals surface area contributed by atoms with Gasteiger partial charge in [-0.3, -0.25) is 20.2 Å². The van der Waals surface area contributed by atoms with Crippen LogP contribution < -0.4 is 4.74 Å². The summed E-state index contributed by atoms with van der Waals surface area (Å²) in [5, 5.41) is 23.6. The SMILES string of the molecule is O=[N+]([O-])c1cc(Oc2cccc3ccccc23)cc([N+](=O)[O-])c1. The van der Waals surface area contributed by atoms with Crippen molar-refractivity contribution in [3.8, 4) is 11.5 Å². The highest BCUT2D eigenvalue weighted by Crippen LogP contribution is 2.33. The molecular formula is C16H10N2O5. The highest BCUT2D eigenvalue weighted by atomic mass is 16.6. The Labute approximate surface area is 130 Å². The van der Waals surface area contributed by atoms with Gasteiger partial charge in [0.1, 0.15) is 11.5 Å². The van der Waals surface area contributed by atoms with Crippen LogP contribution in [0.4, 0.5) is 11.4 Å². The Morgan fingerprint density at radius 3 is 2.04 bits per heavy atom. The summed E-state index contributed by atoms with van der Waals surface area (Å²) in [5.74, 6) is 0.514. The zero-order chi connectivity index (χ0) is 16.4. The Kier molecular flexibility index (Phi) is 3.60.